The van der Waals surface area contributed by atoms with Gasteiger partial charge in [0, 0.05) is 0 Å². The highest BCUT2D eigenvalue weighted by Gasteiger charge is 1.96. The van der Waals surface area contributed by atoms with Crippen LogP contribution in [0.2, 0.25) is 0 Å². The molecule has 24 heavy (non-hydrogen) atoms. The Balaban J connectivity index is -0.000000109. The molecule has 0 aromatic heterocycles. The summed E-state index contributed by atoms with van der Waals surface area (Å²) in [6.07, 6.45) is 0. The van der Waals surface area contributed by atoms with Crippen molar-refractivity contribution in [3.8, 4) is 0 Å². The minimum Gasteiger partial charge on any atom is -0.0776 e. The van der Waals surface area contributed by atoms with Gasteiger partial charge in [0.2, 0.25) is 0 Å². The molecule has 0 saturated heterocycles. The Hall–Kier alpha value is -1.56. The van der Waals surface area contributed by atoms with E-state index in [-0.39, 0.29) is 14.9 Å². The van der Waals surface area contributed by atoms with Crippen molar-refractivity contribution in [3.05, 3.63) is 72.8 Å². The van der Waals surface area contributed by atoms with Gasteiger partial charge in [-0.1, -0.05) is 143 Å². The molecule has 0 aliphatic carbocycles. The second kappa shape index (κ2) is 17.8. The van der Waals surface area contributed by atoms with Crippen molar-refractivity contribution in [1.82, 2.24) is 0 Å². The molecule has 0 amide bonds. The summed E-state index contributed by atoms with van der Waals surface area (Å²) in [5.74, 6) is 0. The molecule has 0 bridgehead atoms. The van der Waals surface area contributed by atoms with Gasteiger partial charge in [0.15, 0.2) is 0 Å². The zero-order valence-corrected chi connectivity index (χ0v) is 15.9. The summed E-state index contributed by atoms with van der Waals surface area (Å²) in [4.78, 5) is 0. The van der Waals surface area contributed by atoms with Crippen LogP contribution in [0.1, 0.15) is 70.2 Å². The Bertz CT molecular complexity index is 292. The van der Waals surface area contributed by atoms with Gasteiger partial charge in [-0.25, -0.2) is 0 Å². The Morgan fingerprint density at radius 2 is 0.333 bits per heavy atom. The minimum atomic E-state index is 0. The topological polar surface area (TPSA) is 0 Å². The fourth-order valence-corrected chi connectivity index (χ4v) is 0.770. The van der Waals surface area contributed by atoms with Crippen molar-refractivity contribution >= 4 is 0 Å². The van der Waals surface area contributed by atoms with E-state index in [9.17, 15) is 0 Å². The summed E-state index contributed by atoms with van der Waals surface area (Å²) >= 11 is 0. The first-order valence-electron chi connectivity index (χ1n) is 8.00. The van der Waals surface area contributed by atoms with Gasteiger partial charge in [0.05, 0.1) is 0 Å². The summed E-state index contributed by atoms with van der Waals surface area (Å²) in [7, 11) is 0. The van der Waals surface area contributed by atoms with E-state index in [0.717, 1.165) is 0 Å². The van der Waals surface area contributed by atoms with Crippen LogP contribution in [0, 0.1) is 10.8 Å². The summed E-state index contributed by atoms with van der Waals surface area (Å²) in [5, 5.41) is 0. The fraction of sp³-hybridized carbons (Fsp3) is 0.500. The Morgan fingerprint density at radius 3 is 0.375 bits per heavy atom. The molecule has 0 heterocycles. The second-order valence-corrected chi connectivity index (χ2v) is 8.31. The van der Waals surface area contributed by atoms with Gasteiger partial charge in [-0.2, -0.15) is 0 Å². The standard InChI is InChI=1S/2C6H6.2C5H12.2CH4/c2*1-2-4-6-5-3-1;2*1-5(2,3)4;;/h2*1-6H;2*1-4H3;2*1H4. The molecule has 0 radical (unpaired) electrons. The molecule has 0 aliphatic rings. The highest BCUT2D eigenvalue weighted by atomic mass is 14.0. The van der Waals surface area contributed by atoms with E-state index >= 15 is 0 Å². The Labute approximate surface area is 154 Å². The van der Waals surface area contributed by atoms with Crippen LogP contribution >= 0.6 is 0 Å². The van der Waals surface area contributed by atoms with E-state index in [2.05, 4.69) is 55.4 Å². The molecule has 2 rings (SSSR count). The van der Waals surface area contributed by atoms with Crippen molar-refractivity contribution in [3.63, 3.8) is 0 Å². The quantitative estimate of drug-likeness (QED) is 0.452. The maximum Gasteiger partial charge on any atom is -0.0411 e. The van der Waals surface area contributed by atoms with E-state index in [1.54, 1.807) is 0 Å². The highest BCUT2D eigenvalue weighted by Crippen LogP contribution is 2.08. The van der Waals surface area contributed by atoms with Crippen molar-refractivity contribution in [2.24, 2.45) is 10.8 Å². The molecule has 0 spiro atoms. The largest absolute Gasteiger partial charge is 0.0776 e. The summed E-state index contributed by atoms with van der Waals surface area (Å²) < 4.78 is 0. The van der Waals surface area contributed by atoms with Gasteiger partial charge in [0.1, 0.15) is 0 Å². The van der Waals surface area contributed by atoms with Crippen molar-refractivity contribution in [2.45, 2.75) is 70.2 Å². The average Bonchev–Trinajstić information content (AvgIpc) is 2.40. The second-order valence-electron chi connectivity index (χ2n) is 8.31. The molecule has 0 heteroatoms. The van der Waals surface area contributed by atoms with Crippen LogP contribution in [0.15, 0.2) is 72.8 Å². The van der Waals surface area contributed by atoms with Crippen LogP contribution in [-0.4, -0.2) is 0 Å². The summed E-state index contributed by atoms with van der Waals surface area (Å²) in [6, 6.07) is 24.0. The smallest absolute Gasteiger partial charge is 0.0411 e. The van der Waals surface area contributed by atoms with Crippen LogP contribution in [0.3, 0.4) is 0 Å². The van der Waals surface area contributed by atoms with Crippen molar-refractivity contribution < 1.29 is 0 Å². The molecule has 0 N–H and O–H groups in total. The molecular weight excluding hydrogens is 288 g/mol. The van der Waals surface area contributed by atoms with Gasteiger partial charge in [-0.05, 0) is 10.8 Å². The normalized spacial score (nSPS) is 9.00. The SMILES string of the molecule is C.C.CC(C)(C)C.CC(C)(C)C.c1ccccc1.c1ccccc1. The first-order chi connectivity index (χ1) is 10.0. The summed E-state index contributed by atoms with van der Waals surface area (Å²) in [5.41, 5.74) is 1.00. The third kappa shape index (κ3) is 70.9. The van der Waals surface area contributed by atoms with E-state index in [1.165, 1.54) is 0 Å². The van der Waals surface area contributed by atoms with Gasteiger partial charge < -0.3 is 0 Å². The van der Waals surface area contributed by atoms with Crippen LogP contribution in [0.5, 0.6) is 0 Å². The van der Waals surface area contributed by atoms with Gasteiger partial charge >= 0.3 is 0 Å². The lowest BCUT2D eigenvalue weighted by Gasteiger charge is -2.05. The van der Waals surface area contributed by atoms with Crippen LogP contribution in [0.25, 0.3) is 0 Å². The molecule has 0 nitrogen and oxygen atoms in total. The first kappa shape index (κ1) is 30.3. The predicted octanol–water partition coefficient (Wildman–Crippen LogP) is 8.75. The van der Waals surface area contributed by atoms with Gasteiger partial charge in [-0.3, -0.25) is 0 Å². The van der Waals surface area contributed by atoms with E-state index in [1.807, 2.05) is 72.8 Å². The predicted molar refractivity (Wildman–Crippen MR) is 117 cm³/mol. The van der Waals surface area contributed by atoms with Crippen LogP contribution in [0.4, 0.5) is 0 Å². The molecule has 0 fully saturated rings. The number of hydrogen-bond acceptors (Lipinski definition) is 0. The lowest BCUT2D eigenvalue weighted by atomic mass is 10.0. The Kier molecular flexibility index (Phi) is 22.5. The molecular formula is C24H44. The molecule has 2 aromatic rings. The third-order valence-corrected chi connectivity index (χ3v) is 1.33. The van der Waals surface area contributed by atoms with Crippen LogP contribution < -0.4 is 0 Å². The molecule has 2 aromatic carbocycles. The molecule has 0 aliphatic heterocycles. The lowest BCUT2D eigenvalue weighted by Crippen LogP contribution is -1.93. The zero-order valence-electron chi connectivity index (χ0n) is 15.9. The molecule has 140 valence electrons. The lowest BCUT2D eigenvalue weighted by molar-refractivity contribution is 0.469. The molecule has 0 atom stereocenters. The minimum absolute atomic E-state index is 0. The monoisotopic (exact) mass is 332 g/mol. The first-order valence-corrected chi connectivity index (χ1v) is 8.00. The number of hydrogen-bond donors (Lipinski definition) is 0. The maximum atomic E-state index is 2.19. The Morgan fingerprint density at radius 1 is 0.292 bits per heavy atom. The average molecular weight is 333 g/mol. The van der Waals surface area contributed by atoms with Crippen LogP contribution in [-0.2, 0) is 0 Å². The number of benzene rings is 2. The van der Waals surface area contributed by atoms with E-state index in [4.69, 9.17) is 0 Å². The van der Waals surface area contributed by atoms with Crippen molar-refractivity contribution in [1.29, 1.82) is 0 Å². The fourth-order valence-electron chi connectivity index (χ4n) is 0.770. The van der Waals surface area contributed by atoms with E-state index < -0.39 is 0 Å². The van der Waals surface area contributed by atoms with Crippen molar-refractivity contribution in [2.75, 3.05) is 0 Å². The van der Waals surface area contributed by atoms with E-state index in [0.29, 0.717) is 10.8 Å². The number of rotatable bonds is 0. The maximum absolute atomic E-state index is 2.19. The molecule has 0 saturated carbocycles. The zero-order chi connectivity index (χ0) is 17.5. The third-order valence-electron chi connectivity index (χ3n) is 1.33. The van der Waals surface area contributed by atoms with Gasteiger partial charge in [-0.15, -0.1) is 0 Å². The highest BCUT2D eigenvalue weighted by molar-refractivity contribution is 4.99. The van der Waals surface area contributed by atoms with Gasteiger partial charge in [0.25, 0.3) is 0 Å². The molecule has 0 unspecified atom stereocenters. The summed E-state index contributed by atoms with van der Waals surface area (Å²) in [6.45, 7) is 17.5.